The van der Waals surface area contributed by atoms with E-state index < -0.39 is 12.6 Å². The molecule has 88 valence electrons. The molecule has 0 heterocycles. The van der Waals surface area contributed by atoms with Crippen molar-refractivity contribution in [1.82, 2.24) is 0 Å². The van der Waals surface area contributed by atoms with E-state index in [0.29, 0.717) is 0 Å². The van der Waals surface area contributed by atoms with Crippen molar-refractivity contribution in [2.45, 2.75) is 13.5 Å². The Labute approximate surface area is 95.9 Å². The number of hydrogen-bond acceptors (Lipinski definition) is 3. The van der Waals surface area contributed by atoms with E-state index >= 15 is 0 Å². The highest BCUT2D eigenvalue weighted by Gasteiger charge is 2.14. The quantitative estimate of drug-likeness (QED) is 0.770. The molecule has 1 aromatic rings. The zero-order valence-corrected chi connectivity index (χ0v) is 9.13. The summed E-state index contributed by atoms with van der Waals surface area (Å²) in [5, 5.41) is 0.125. The maximum atomic E-state index is 11.9. The minimum Gasteiger partial charge on any atom is -0.462 e. The number of alkyl halides is 2. The van der Waals surface area contributed by atoms with Crippen LogP contribution in [0.3, 0.4) is 0 Å². The second-order valence-corrected chi connectivity index (χ2v) is 3.15. The van der Waals surface area contributed by atoms with Gasteiger partial charge in [0.25, 0.3) is 0 Å². The maximum absolute atomic E-state index is 11.9. The van der Waals surface area contributed by atoms with Crippen molar-refractivity contribution in [3.63, 3.8) is 0 Å². The molecule has 0 saturated heterocycles. The first-order chi connectivity index (χ1) is 7.54. The molecule has 0 saturated carbocycles. The minimum atomic E-state index is -2.95. The van der Waals surface area contributed by atoms with Gasteiger partial charge in [0, 0.05) is 0 Å². The number of rotatable bonds is 4. The van der Waals surface area contributed by atoms with Crippen molar-refractivity contribution < 1.29 is 23.0 Å². The van der Waals surface area contributed by atoms with Gasteiger partial charge >= 0.3 is 12.6 Å². The van der Waals surface area contributed by atoms with Crippen LogP contribution < -0.4 is 4.74 Å². The van der Waals surface area contributed by atoms with Crippen molar-refractivity contribution in [2.24, 2.45) is 0 Å². The second kappa shape index (κ2) is 5.65. The monoisotopic (exact) mass is 250 g/mol. The van der Waals surface area contributed by atoms with Gasteiger partial charge in [-0.2, -0.15) is 8.78 Å². The zero-order valence-electron chi connectivity index (χ0n) is 8.38. The number of ether oxygens (including phenoxy) is 2. The molecule has 0 aliphatic rings. The number of carbonyl (C=O) groups is 1. The summed E-state index contributed by atoms with van der Waals surface area (Å²) in [6.45, 7) is -1.14. The normalized spacial score (nSPS) is 10.3. The zero-order chi connectivity index (χ0) is 12.1. The molecule has 0 fully saturated rings. The van der Waals surface area contributed by atoms with E-state index in [2.05, 4.69) is 4.74 Å². The van der Waals surface area contributed by atoms with Gasteiger partial charge in [-0.25, -0.2) is 4.79 Å². The van der Waals surface area contributed by atoms with Gasteiger partial charge in [-0.3, -0.25) is 0 Å². The Morgan fingerprint density at radius 3 is 2.75 bits per heavy atom. The van der Waals surface area contributed by atoms with Crippen LogP contribution in [0.25, 0.3) is 0 Å². The number of hydrogen-bond donors (Lipinski definition) is 0. The average molecular weight is 251 g/mol. The molecule has 0 aliphatic carbocycles. The lowest BCUT2D eigenvalue weighted by molar-refractivity contribution is -0.0499. The Kier molecular flexibility index (Phi) is 4.49. The first kappa shape index (κ1) is 12.7. The Morgan fingerprint density at radius 2 is 2.19 bits per heavy atom. The highest BCUT2D eigenvalue weighted by atomic mass is 35.5. The van der Waals surface area contributed by atoms with Gasteiger partial charge in [0.15, 0.2) is 0 Å². The highest BCUT2D eigenvalue weighted by molar-refractivity contribution is 6.33. The summed E-state index contributed by atoms with van der Waals surface area (Å²) >= 11 is 5.72. The predicted octanol–water partition coefficient (Wildman–Crippen LogP) is 3.12. The summed E-state index contributed by atoms with van der Waals surface area (Å²) in [4.78, 5) is 11.4. The predicted molar refractivity (Wildman–Crippen MR) is 54.0 cm³/mol. The highest BCUT2D eigenvalue weighted by Crippen LogP contribution is 2.24. The third-order valence-corrected chi connectivity index (χ3v) is 1.99. The molecule has 0 N–H and O–H groups in total. The summed E-state index contributed by atoms with van der Waals surface area (Å²) in [6, 6.07) is 3.66. The molecule has 0 spiro atoms. The maximum Gasteiger partial charge on any atom is 0.387 e. The first-order valence-electron chi connectivity index (χ1n) is 4.46. The molecule has 0 unspecified atom stereocenters. The smallest absolute Gasteiger partial charge is 0.387 e. The molecule has 0 atom stereocenters. The van der Waals surface area contributed by atoms with Crippen molar-refractivity contribution in [3.05, 3.63) is 28.8 Å². The summed E-state index contributed by atoms with van der Waals surface area (Å²) in [5.41, 5.74) is 0.00154. The van der Waals surface area contributed by atoms with Gasteiger partial charge in [0.05, 0.1) is 17.2 Å². The van der Waals surface area contributed by atoms with E-state index in [9.17, 15) is 13.6 Å². The Hall–Kier alpha value is -1.36. The molecule has 0 bridgehead atoms. The minimum absolute atomic E-state index is 0.00154. The fraction of sp³-hybridized carbons (Fsp3) is 0.300. The van der Waals surface area contributed by atoms with Gasteiger partial charge in [-0.15, -0.1) is 0 Å². The van der Waals surface area contributed by atoms with Crippen LogP contribution in [0.15, 0.2) is 18.2 Å². The van der Waals surface area contributed by atoms with E-state index in [1.807, 2.05) is 0 Å². The lowest BCUT2D eigenvalue weighted by atomic mass is 10.2. The van der Waals surface area contributed by atoms with Gasteiger partial charge in [0.1, 0.15) is 5.75 Å². The summed E-state index contributed by atoms with van der Waals surface area (Å²) in [5.74, 6) is -0.810. The molecule has 6 heteroatoms. The van der Waals surface area contributed by atoms with Crippen LogP contribution in [0.1, 0.15) is 17.3 Å². The molecule has 1 rings (SSSR count). The third-order valence-electron chi connectivity index (χ3n) is 1.66. The number of benzene rings is 1. The molecule has 0 aromatic heterocycles. The molecule has 1 aromatic carbocycles. The SMILES string of the molecule is CCOC(=O)c1cc(OC(F)F)ccc1Cl. The molecular formula is C10H9ClF2O3. The van der Waals surface area contributed by atoms with Gasteiger partial charge < -0.3 is 9.47 Å². The number of halogens is 3. The molecular weight excluding hydrogens is 242 g/mol. The summed E-state index contributed by atoms with van der Waals surface area (Å²) < 4.78 is 32.7. The topological polar surface area (TPSA) is 35.5 Å². The van der Waals surface area contributed by atoms with E-state index in [-0.39, 0.29) is 22.9 Å². The van der Waals surface area contributed by atoms with Crippen molar-refractivity contribution in [3.8, 4) is 5.75 Å². The van der Waals surface area contributed by atoms with E-state index in [4.69, 9.17) is 16.3 Å². The molecule has 16 heavy (non-hydrogen) atoms. The van der Waals surface area contributed by atoms with Crippen LogP contribution in [-0.4, -0.2) is 19.2 Å². The van der Waals surface area contributed by atoms with Crippen LogP contribution >= 0.6 is 11.6 Å². The molecule has 0 aliphatic heterocycles. The third kappa shape index (κ3) is 3.34. The van der Waals surface area contributed by atoms with Crippen LogP contribution in [0.2, 0.25) is 5.02 Å². The lowest BCUT2D eigenvalue weighted by Crippen LogP contribution is -2.07. The number of esters is 1. The standard InChI is InChI=1S/C10H9ClF2O3/c1-2-15-9(14)7-5-6(16-10(12)13)3-4-8(7)11/h3-5,10H,2H2,1H3. The second-order valence-electron chi connectivity index (χ2n) is 2.74. The number of carbonyl (C=O) groups excluding carboxylic acids is 1. The Balaban J connectivity index is 2.94. The molecule has 0 amide bonds. The summed E-state index contributed by atoms with van der Waals surface area (Å²) in [7, 11) is 0. The van der Waals surface area contributed by atoms with Crippen molar-refractivity contribution in [1.29, 1.82) is 0 Å². The van der Waals surface area contributed by atoms with Gasteiger partial charge in [-0.1, -0.05) is 11.6 Å². The van der Waals surface area contributed by atoms with E-state index in [0.717, 1.165) is 6.07 Å². The molecule has 3 nitrogen and oxygen atoms in total. The first-order valence-corrected chi connectivity index (χ1v) is 4.84. The van der Waals surface area contributed by atoms with Crippen molar-refractivity contribution >= 4 is 17.6 Å². The van der Waals surface area contributed by atoms with Gasteiger partial charge in [-0.05, 0) is 25.1 Å². The van der Waals surface area contributed by atoms with Gasteiger partial charge in [0.2, 0.25) is 0 Å². The summed E-state index contributed by atoms with van der Waals surface area (Å²) in [6.07, 6.45) is 0. The van der Waals surface area contributed by atoms with Crippen LogP contribution in [0, 0.1) is 0 Å². The average Bonchev–Trinajstić information content (AvgIpc) is 2.20. The van der Waals surface area contributed by atoms with Crippen LogP contribution in [0.4, 0.5) is 8.78 Å². The lowest BCUT2D eigenvalue weighted by Gasteiger charge is -2.08. The fourth-order valence-electron chi connectivity index (χ4n) is 1.05. The van der Waals surface area contributed by atoms with E-state index in [1.165, 1.54) is 12.1 Å². The Morgan fingerprint density at radius 1 is 1.50 bits per heavy atom. The van der Waals surface area contributed by atoms with Crippen LogP contribution in [0.5, 0.6) is 5.75 Å². The van der Waals surface area contributed by atoms with Crippen molar-refractivity contribution in [2.75, 3.05) is 6.61 Å². The Bertz CT molecular complexity index is 382. The fourth-order valence-corrected chi connectivity index (χ4v) is 1.24. The van der Waals surface area contributed by atoms with Crippen LogP contribution in [-0.2, 0) is 4.74 Å². The largest absolute Gasteiger partial charge is 0.462 e. The molecule has 0 radical (unpaired) electrons. The van der Waals surface area contributed by atoms with E-state index in [1.54, 1.807) is 6.92 Å².